The van der Waals surface area contributed by atoms with Gasteiger partial charge in [-0.05, 0) is 45.6 Å². The largest absolute Gasteiger partial charge is 0.363 e. The van der Waals surface area contributed by atoms with E-state index in [0.29, 0.717) is 0 Å². The summed E-state index contributed by atoms with van der Waals surface area (Å²) in [6.07, 6.45) is 9.08. The van der Waals surface area contributed by atoms with Gasteiger partial charge in [-0.2, -0.15) is 0 Å². The highest BCUT2D eigenvalue weighted by atomic mass is 16.5. The van der Waals surface area contributed by atoms with E-state index in [-0.39, 0.29) is 11.7 Å². The Kier molecular flexibility index (Phi) is 3.07. The van der Waals surface area contributed by atoms with Gasteiger partial charge in [-0.3, -0.25) is 0 Å². The summed E-state index contributed by atoms with van der Waals surface area (Å²) in [5, 5.41) is 0. The van der Waals surface area contributed by atoms with Crippen LogP contribution in [0.1, 0.15) is 46.5 Å². The molecule has 0 N–H and O–H groups in total. The van der Waals surface area contributed by atoms with Gasteiger partial charge in [-0.1, -0.05) is 29.9 Å². The van der Waals surface area contributed by atoms with E-state index in [4.69, 9.17) is 4.74 Å². The first-order chi connectivity index (χ1) is 7.52. The highest BCUT2D eigenvalue weighted by Crippen LogP contribution is 2.44. The van der Waals surface area contributed by atoms with Gasteiger partial charge in [-0.15, -0.1) is 0 Å². The van der Waals surface area contributed by atoms with E-state index < -0.39 is 0 Å². The molecule has 0 saturated carbocycles. The Bertz CT molecular complexity index is 358. The molecule has 1 spiro atoms. The third-order valence-corrected chi connectivity index (χ3v) is 3.69. The predicted molar refractivity (Wildman–Crippen MR) is 68.4 cm³/mol. The van der Waals surface area contributed by atoms with Crippen LogP contribution in [0.2, 0.25) is 0 Å². The van der Waals surface area contributed by atoms with E-state index in [1.165, 1.54) is 16.7 Å². The van der Waals surface area contributed by atoms with Crippen LogP contribution in [0.15, 0.2) is 35.5 Å². The van der Waals surface area contributed by atoms with Crippen LogP contribution in [0.5, 0.6) is 0 Å². The minimum atomic E-state index is -0.0455. The SMILES string of the molecule is C=C1C[C@H](C=C(C)C)O[C@]12CC=C(C)CC2. The summed E-state index contributed by atoms with van der Waals surface area (Å²) in [6.45, 7) is 10.7. The van der Waals surface area contributed by atoms with Crippen molar-refractivity contribution in [3.8, 4) is 0 Å². The maximum absolute atomic E-state index is 6.24. The summed E-state index contributed by atoms with van der Waals surface area (Å²) < 4.78 is 6.24. The second-order valence-electron chi connectivity index (χ2n) is 5.46. The second-order valence-corrected chi connectivity index (χ2v) is 5.46. The van der Waals surface area contributed by atoms with E-state index in [1.54, 1.807) is 0 Å². The van der Waals surface area contributed by atoms with E-state index in [9.17, 15) is 0 Å². The van der Waals surface area contributed by atoms with Crippen LogP contribution in [-0.4, -0.2) is 11.7 Å². The van der Waals surface area contributed by atoms with Crippen LogP contribution < -0.4 is 0 Å². The molecule has 1 heterocycles. The molecule has 2 atom stereocenters. The maximum Gasteiger partial charge on any atom is 0.0935 e. The van der Waals surface area contributed by atoms with Gasteiger partial charge in [0.25, 0.3) is 0 Å². The van der Waals surface area contributed by atoms with Crippen LogP contribution in [0.3, 0.4) is 0 Å². The highest BCUT2D eigenvalue weighted by molar-refractivity contribution is 5.27. The lowest BCUT2D eigenvalue weighted by Crippen LogP contribution is -2.32. The summed E-state index contributed by atoms with van der Waals surface area (Å²) >= 11 is 0. The van der Waals surface area contributed by atoms with Gasteiger partial charge in [0.1, 0.15) is 0 Å². The van der Waals surface area contributed by atoms with E-state index >= 15 is 0 Å². The number of hydrogen-bond donors (Lipinski definition) is 0. The Morgan fingerprint density at radius 1 is 1.56 bits per heavy atom. The van der Waals surface area contributed by atoms with Crippen molar-refractivity contribution in [1.29, 1.82) is 0 Å². The normalized spacial score (nSPS) is 34.1. The van der Waals surface area contributed by atoms with Gasteiger partial charge in [0, 0.05) is 6.42 Å². The minimum Gasteiger partial charge on any atom is -0.363 e. The molecular weight excluding hydrogens is 196 g/mol. The van der Waals surface area contributed by atoms with Crippen LogP contribution in [0.25, 0.3) is 0 Å². The Morgan fingerprint density at radius 3 is 2.88 bits per heavy atom. The van der Waals surface area contributed by atoms with Crippen molar-refractivity contribution >= 4 is 0 Å². The Balaban J connectivity index is 2.13. The van der Waals surface area contributed by atoms with Crippen molar-refractivity contribution in [3.63, 3.8) is 0 Å². The van der Waals surface area contributed by atoms with Gasteiger partial charge in [0.05, 0.1) is 11.7 Å². The van der Waals surface area contributed by atoms with Crippen molar-refractivity contribution in [2.24, 2.45) is 0 Å². The van der Waals surface area contributed by atoms with Gasteiger partial charge in [0.2, 0.25) is 0 Å². The summed E-state index contributed by atoms with van der Waals surface area (Å²) in [6, 6.07) is 0. The molecule has 16 heavy (non-hydrogen) atoms. The summed E-state index contributed by atoms with van der Waals surface area (Å²) in [7, 11) is 0. The first-order valence-electron chi connectivity index (χ1n) is 6.18. The van der Waals surface area contributed by atoms with Crippen LogP contribution in [0.4, 0.5) is 0 Å². The fourth-order valence-corrected chi connectivity index (χ4v) is 2.68. The lowest BCUT2D eigenvalue weighted by atomic mass is 9.81. The van der Waals surface area contributed by atoms with Crippen LogP contribution in [0, 0.1) is 0 Å². The molecule has 0 aromatic carbocycles. The molecule has 0 aromatic rings. The number of rotatable bonds is 1. The van der Waals surface area contributed by atoms with E-state index in [1.807, 2.05) is 0 Å². The van der Waals surface area contributed by atoms with E-state index in [0.717, 1.165) is 25.7 Å². The van der Waals surface area contributed by atoms with Crippen molar-refractivity contribution in [3.05, 3.63) is 35.5 Å². The Hall–Kier alpha value is -0.820. The molecule has 1 heteroatoms. The molecule has 88 valence electrons. The average Bonchev–Trinajstić information content (AvgIpc) is 2.48. The second kappa shape index (κ2) is 4.21. The van der Waals surface area contributed by atoms with Gasteiger partial charge < -0.3 is 4.74 Å². The molecule has 0 aromatic heterocycles. The molecule has 0 radical (unpaired) electrons. The smallest absolute Gasteiger partial charge is 0.0935 e. The third kappa shape index (κ3) is 2.15. The molecule has 0 unspecified atom stereocenters. The monoisotopic (exact) mass is 218 g/mol. The molecule has 2 rings (SSSR count). The van der Waals surface area contributed by atoms with Gasteiger partial charge in [0.15, 0.2) is 0 Å². The number of ether oxygens (including phenoxy) is 1. The third-order valence-electron chi connectivity index (χ3n) is 3.69. The molecule has 2 aliphatic rings. The zero-order valence-electron chi connectivity index (χ0n) is 10.7. The van der Waals surface area contributed by atoms with Crippen LogP contribution in [-0.2, 0) is 4.74 Å². The van der Waals surface area contributed by atoms with Crippen molar-refractivity contribution in [2.75, 3.05) is 0 Å². The number of allylic oxidation sites excluding steroid dienone is 2. The predicted octanol–water partition coefficient (Wildman–Crippen LogP) is 4.17. The lowest BCUT2D eigenvalue weighted by Gasteiger charge is -2.33. The molecular formula is C15H22O. The number of hydrogen-bond acceptors (Lipinski definition) is 1. The fourth-order valence-electron chi connectivity index (χ4n) is 2.68. The molecule has 1 fully saturated rings. The zero-order chi connectivity index (χ0) is 11.8. The van der Waals surface area contributed by atoms with Crippen molar-refractivity contribution < 1.29 is 4.74 Å². The van der Waals surface area contributed by atoms with E-state index in [2.05, 4.69) is 39.5 Å². The Morgan fingerprint density at radius 2 is 2.31 bits per heavy atom. The standard InChI is InChI=1S/C15H22O/c1-11(2)9-14-10-13(4)15(16-14)7-5-12(3)6-8-15/h5,9,14H,4,6-8,10H2,1-3H3/t14-,15-/m0/s1. The van der Waals surface area contributed by atoms with Crippen molar-refractivity contribution in [2.45, 2.75) is 58.2 Å². The first-order valence-corrected chi connectivity index (χ1v) is 6.18. The molecule has 1 aliphatic heterocycles. The lowest BCUT2D eigenvalue weighted by molar-refractivity contribution is -0.0141. The first kappa shape index (κ1) is 11.7. The fraction of sp³-hybridized carbons (Fsp3) is 0.600. The maximum atomic E-state index is 6.24. The molecule has 0 amide bonds. The Labute approximate surface area is 98.9 Å². The molecule has 1 nitrogen and oxygen atoms in total. The summed E-state index contributed by atoms with van der Waals surface area (Å²) in [4.78, 5) is 0. The zero-order valence-corrected chi connectivity index (χ0v) is 10.7. The van der Waals surface area contributed by atoms with Gasteiger partial charge >= 0.3 is 0 Å². The van der Waals surface area contributed by atoms with Crippen LogP contribution >= 0.6 is 0 Å². The highest BCUT2D eigenvalue weighted by Gasteiger charge is 2.42. The summed E-state index contributed by atoms with van der Waals surface area (Å²) in [5.74, 6) is 0. The summed E-state index contributed by atoms with van der Waals surface area (Å²) in [5.41, 5.74) is 4.07. The van der Waals surface area contributed by atoms with Gasteiger partial charge in [-0.25, -0.2) is 0 Å². The minimum absolute atomic E-state index is 0.0455. The topological polar surface area (TPSA) is 9.23 Å². The average molecular weight is 218 g/mol. The molecule has 1 saturated heterocycles. The molecule has 1 aliphatic carbocycles. The quantitative estimate of drug-likeness (QED) is 0.600. The van der Waals surface area contributed by atoms with Crippen molar-refractivity contribution in [1.82, 2.24) is 0 Å². The molecule has 0 bridgehead atoms.